The van der Waals surface area contributed by atoms with E-state index in [-0.39, 0.29) is 12.5 Å². The molecule has 1 aromatic carbocycles. The van der Waals surface area contributed by atoms with E-state index in [4.69, 9.17) is 16.3 Å². The van der Waals surface area contributed by atoms with Crippen LogP contribution in [0.4, 0.5) is 5.13 Å². The number of benzene rings is 1. The van der Waals surface area contributed by atoms with Gasteiger partial charge < -0.3 is 4.74 Å². The van der Waals surface area contributed by atoms with Crippen LogP contribution >= 0.6 is 22.9 Å². The van der Waals surface area contributed by atoms with Gasteiger partial charge in [-0.1, -0.05) is 29.0 Å². The lowest BCUT2D eigenvalue weighted by molar-refractivity contribution is -0.118. The first-order chi connectivity index (χ1) is 11.6. The third-order valence-electron chi connectivity index (χ3n) is 3.15. The third kappa shape index (κ3) is 4.10. The van der Waals surface area contributed by atoms with Crippen LogP contribution in [-0.2, 0) is 4.79 Å². The van der Waals surface area contributed by atoms with E-state index in [9.17, 15) is 4.79 Å². The van der Waals surface area contributed by atoms with E-state index in [0.29, 0.717) is 15.9 Å². The second kappa shape index (κ2) is 7.42. The smallest absolute Gasteiger partial charge is 0.264 e. The molecular weight excluding hydrogens is 346 g/mol. The van der Waals surface area contributed by atoms with Gasteiger partial charge in [0, 0.05) is 23.0 Å². The van der Waals surface area contributed by atoms with Crippen molar-refractivity contribution in [2.24, 2.45) is 0 Å². The zero-order chi connectivity index (χ0) is 16.9. The Labute approximate surface area is 148 Å². The average molecular weight is 360 g/mol. The number of thiazole rings is 1. The predicted molar refractivity (Wildman–Crippen MR) is 95.7 cm³/mol. The molecule has 3 aromatic rings. The molecule has 0 fully saturated rings. The average Bonchev–Trinajstić information content (AvgIpc) is 2.95. The Hall–Kier alpha value is -2.44. The predicted octanol–water partition coefficient (Wildman–Crippen LogP) is 4.18. The van der Waals surface area contributed by atoms with Crippen LogP contribution in [-0.4, -0.2) is 22.5 Å². The Bertz CT molecular complexity index is 835. The van der Waals surface area contributed by atoms with Crippen LogP contribution in [0.3, 0.4) is 0 Å². The fourth-order valence-electron chi connectivity index (χ4n) is 2.05. The highest BCUT2D eigenvalue weighted by atomic mass is 35.5. The zero-order valence-corrected chi connectivity index (χ0v) is 14.4. The molecule has 0 aliphatic heterocycles. The van der Waals surface area contributed by atoms with Crippen LogP contribution in [0.5, 0.6) is 5.75 Å². The number of nitrogens with one attached hydrogen (secondary N) is 1. The van der Waals surface area contributed by atoms with Crippen LogP contribution in [0.2, 0.25) is 5.02 Å². The first-order valence-electron chi connectivity index (χ1n) is 7.18. The van der Waals surface area contributed by atoms with E-state index >= 15 is 0 Å². The highest BCUT2D eigenvalue weighted by Crippen LogP contribution is 2.32. The van der Waals surface area contributed by atoms with Crippen LogP contribution in [0.25, 0.3) is 10.4 Å². The normalized spacial score (nSPS) is 10.4. The zero-order valence-electron chi connectivity index (χ0n) is 12.8. The maximum absolute atomic E-state index is 12.0. The molecule has 0 bridgehead atoms. The minimum absolute atomic E-state index is 0.0948. The van der Waals surface area contributed by atoms with Crippen molar-refractivity contribution in [1.29, 1.82) is 0 Å². The van der Waals surface area contributed by atoms with Crippen LogP contribution in [0.1, 0.15) is 5.69 Å². The van der Waals surface area contributed by atoms with Crippen molar-refractivity contribution < 1.29 is 9.53 Å². The van der Waals surface area contributed by atoms with Gasteiger partial charge in [0.15, 0.2) is 11.7 Å². The number of ether oxygens (including phenoxy) is 1. The lowest BCUT2D eigenvalue weighted by atomic mass is 10.2. The van der Waals surface area contributed by atoms with Gasteiger partial charge >= 0.3 is 0 Å². The number of hydrogen-bond donors (Lipinski definition) is 1. The van der Waals surface area contributed by atoms with Gasteiger partial charge in [-0.2, -0.15) is 0 Å². The number of aromatic nitrogens is 2. The molecule has 2 heterocycles. The SMILES string of the molecule is Cc1nc(NC(=O)COc2ccc(Cl)cc2)sc1-c1cccnc1. The molecule has 122 valence electrons. The number of halogens is 1. The van der Waals surface area contributed by atoms with Crippen LogP contribution in [0.15, 0.2) is 48.8 Å². The number of pyridine rings is 1. The number of carbonyl (C=O) groups is 1. The summed E-state index contributed by atoms with van der Waals surface area (Å²) in [6.07, 6.45) is 3.49. The summed E-state index contributed by atoms with van der Waals surface area (Å²) in [6, 6.07) is 10.7. The van der Waals surface area contributed by atoms with E-state index in [1.54, 1.807) is 36.7 Å². The van der Waals surface area contributed by atoms with E-state index in [0.717, 1.165) is 16.1 Å². The van der Waals surface area contributed by atoms with Crippen LogP contribution < -0.4 is 10.1 Å². The summed E-state index contributed by atoms with van der Waals surface area (Å²) < 4.78 is 5.41. The summed E-state index contributed by atoms with van der Waals surface area (Å²) in [5.41, 5.74) is 1.83. The fraction of sp³-hybridized carbons (Fsp3) is 0.118. The van der Waals surface area contributed by atoms with Crippen molar-refractivity contribution in [2.45, 2.75) is 6.92 Å². The van der Waals surface area contributed by atoms with Crippen molar-refractivity contribution >= 4 is 34.0 Å². The molecule has 0 unspecified atom stereocenters. The number of rotatable bonds is 5. The number of carbonyl (C=O) groups excluding carboxylic acids is 1. The monoisotopic (exact) mass is 359 g/mol. The molecule has 0 atom stereocenters. The van der Waals surface area contributed by atoms with Gasteiger partial charge in [0.2, 0.25) is 0 Å². The third-order valence-corrected chi connectivity index (χ3v) is 4.52. The molecule has 0 saturated heterocycles. The van der Waals surface area contributed by atoms with Gasteiger partial charge in [0.25, 0.3) is 5.91 Å². The molecule has 0 spiro atoms. The summed E-state index contributed by atoms with van der Waals surface area (Å²) in [6.45, 7) is 1.81. The Morgan fingerprint density at radius 1 is 1.29 bits per heavy atom. The molecular formula is C17H14ClN3O2S. The molecule has 1 N–H and O–H groups in total. The first kappa shape index (κ1) is 16.4. The largest absolute Gasteiger partial charge is 0.484 e. The number of aryl methyl sites for hydroxylation is 1. The molecule has 0 aliphatic rings. The maximum Gasteiger partial charge on any atom is 0.264 e. The summed E-state index contributed by atoms with van der Waals surface area (Å²) in [5.74, 6) is 0.317. The Morgan fingerprint density at radius 2 is 2.08 bits per heavy atom. The molecule has 0 radical (unpaired) electrons. The molecule has 7 heteroatoms. The summed E-state index contributed by atoms with van der Waals surface area (Å²) in [4.78, 5) is 21.5. The fourth-order valence-corrected chi connectivity index (χ4v) is 3.15. The topological polar surface area (TPSA) is 64.1 Å². The number of anilines is 1. The Kier molecular flexibility index (Phi) is 5.08. The molecule has 1 amide bonds. The second-order valence-corrected chi connectivity index (χ2v) is 6.40. The molecule has 5 nitrogen and oxygen atoms in total. The Balaban J connectivity index is 1.61. The van der Waals surface area contributed by atoms with Gasteiger partial charge in [-0.05, 0) is 37.3 Å². The minimum Gasteiger partial charge on any atom is -0.484 e. The lowest BCUT2D eigenvalue weighted by Crippen LogP contribution is -2.20. The lowest BCUT2D eigenvalue weighted by Gasteiger charge is -2.05. The summed E-state index contributed by atoms with van der Waals surface area (Å²) >= 11 is 7.21. The molecule has 3 rings (SSSR count). The molecule has 0 saturated carbocycles. The number of amides is 1. The van der Waals surface area contributed by atoms with E-state index in [1.165, 1.54) is 11.3 Å². The van der Waals surface area contributed by atoms with E-state index in [2.05, 4.69) is 15.3 Å². The first-order valence-corrected chi connectivity index (χ1v) is 8.37. The quantitative estimate of drug-likeness (QED) is 0.742. The van der Waals surface area contributed by atoms with Crippen molar-refractivity contribution in [1.82, 2.24) is 9.97 Å². The van der Waals surface area contributed by atoms with Gasteiger partial charge in [-0.25, -0.2) is 4.98 Å². The standard InChI is InChI=1S/C17H14ClN3O2S/c1-11-16(12-3-2-8-19-9-12)24-17(20-11)21-15(22)10-23-14-6-4-13(18)5-7-14/h2-9H,10H2,1H3,(H,20,21,22). The molecule has 24 heavy (non-hydrogen) atoms. The van der Waals surface area contributed by atoms with E-state index in [1.807, 2.05) is 19.1 Å². The maximum atomic E-state index is 12.0. The molecule has 2 aromatic heterocycles. The number of nitrogens with zero attached hydrogens (tertiary/aromatic N) is 2. The van der Waals surface area contributed by atoms with Gasteiger partial charge in [-0.15, -0.1) is 0 Å². The summed E-state index contributed by atoms with van der Waals surface area (Å²) in [7, 11) is 0. The van der Waals surface area contributed by atoms with Gasteiger partial charge in [-0.3, -0.25) is 15.1 Å². The van der Waals surface area contributed by atoms with Crippen molar-refractivity contribution in [3.63, 3.8) is 0 Å². The van der Waals surface area contributed by atoms with Crippen LogP contribution in [0, 0.1) is 6.92 Å². The van der Waals surface area contributed by atoms with Crippen molar-refractivity contribution in [2.75, 3.05) is 11.9 Å². The van der Waals surface area contributed by atoms with Crippen molar-refractivity contribution in [3.05, 3.63) is 59.5 Å². The van der Waals surface area contributed by atoms with Crippen molar-refractivity contribution in [3.8, 4) is 16.2 Å². The van der Waals surface area contributed by atoms with Gasteiger partial charge in [0.1, 0.15) is 5.75 Å². The Morgan fingerprint density at radius 3 is 2.79 bits per heavy atom. The molecule has 0 aliphatic carbocycles. The van der Waals surface area contributed by atoms with E-state index < -0.39 is 0 Å². The van der Waals surface area contributed by atoms with Gasteiger partial charge in [0.05, 0.1) is 10.6 Å². The summed E-state index contributed by atoms with van der Waals surface area (Å²) in [5, 5.41) is 3.91. The number of hydrogen-bond acceptors (Lipinski definition) is 5. The minimum atomic E-state index is -0.267. The highest BCUT2D eigenvalue weighted by Gasteiger charge is 2.12. The second-order valence-electron chi connectivity index (χ2n) is 4.97. The highest BCUT2D eigenvalue weighted by molar-refractivity contribution is 7.19.